The molecule has 0 saturated carbocycles. The Kier molecular flexibility index (Phi) is 4.97. The second-order valence-electron chi connectivity index (χ2n) is 5.67. The highest BCUT2D eigenvalue weighted by molar-refractivity contribution is 5.79. The van der Waals surface area contributed by atoms with Crippen molar-refractivity contribution in [2.45, 2.75) is 18.9 Å². The zero-order valence-electron chi connectivity index (χ0n) is 11.7. The summed E-state index contributed by atoms with van der Waals surface area (Å²) in [5.41, 5.74) is 0. The summed E-state index contributed by atoms with van der Waals surface area (Å²) in [6.07, 6.45) is 2.32. The SMILES string of the molecule is CN(C)CC1CCCN1C(=O)CN1CCNCC1. The van der Waals surface area contributed by atoms with Gasteiger partial charge in [0, 0.05) is 45.3 Å². The molecule has 0 aromatic heterocycles. The van der Waals surface area contributed by atoms with Gasteiger partial charge in [0.1, 0.15) is 0 Å². The largest absolute Gasteiger partial charge is 0.337 e. The first-order chi connectivity index (χ1) is 8.66. The number of nitrogens with zero attached hydrogens (tertiary/aromatic N) is 3. The van der Waals surface area contributed by atoms with Gasteiger partial charge in [-0.3, -0.25) is 9.69 Å². The molecule has 0 spiro atoms. The Morgan fingerprint density at radius 3 is 2.67 bits per heavy atom. The third-order valence-electron chi connectivity index (χ3n) is 3.84. The van der Waals surface area contributed by atoms with Crippen molar-refractivity contribution in [1.82, 2.24) is 20.0 Å². The molecule has 0 aliphatic carbocycles. The molecule has 1 unspecified atom stereocenters. The van der Waals surface area contributed by atoms with Gasteiger partial charge in [0.15, 0.2) is 0 Å². The number of carbonyl (C=O) groups excluding carboxylic acids is 1. The molecule has 0 aromatic rings. The number of likely N-dealkylation sites (tertiary alicyclic amines) is 1. The number of nitrogens with one attached hydrogen (secondary N) is 1. The zero-order valence-corrected chi connectivity index (χ0v) is 11.7. The van der Waals surface area contributed by atoms with Gasteiger partial charge in [-0.25, -0.2) is 0 Å². The molecular formula is C13H26N4O. The van der Waals surface area contributed by atoms with Crippen LogP contribution in [-0.4, -0.2) is 86.6 Å². The Labute approximate surface area is 110 Å². The van der Waals surface area contributed by atoms with Crippen LogP contribution in [0.4, 0.5) is 0 Å². The van der Waals surface area contributed by atoms with E-state index < -0.39 is 0 Å². The van der Waals surface area contributed by atoms with Crippen LogP contribution in [-0.2, 0) is 4.79 Å². The van der Waals surface area contributed by atoms with Crippen LogP contribution in [0.25, 0.3) is 0 Å². The molecule has 2 heterocycles. The van der Waals surface area contributed by atoms with Crippen molar-refractivity contribution in [3.8, 4) is 0 Å². The molecule has 2 aliphatic rings. The fourth-order valence-electron chi connectivity index (χ4n) is 2.93. The van der Waals surface area contributed by atoms with Gasteiger partial charge in [0.25, 0.3) is 0 Å². The van der Waals surface area contributed by atoms with Crippen LogP contribution in [0.2, 0.25) is 0 Å². The summed E-state index contributed by atoms with van der Waals surface area (Å²) in [5, 5.41) is 3.32. The van der Waals surface area contributed by atoms with Crippen LogP contribution in [0.5, 0.6) is 0 Å². The predicted octanol–water partition coefficient (Wildman–Crippen LogP) is -0.556. The quantitative estimate of drug-likeness (QED) is 0.730. The summed E-state index contributed by atoms with van der Waals surface area (Å²) in [6.45, 7) is 6.56. The molecule has 5 nitrogen and oxygen atoms in total. The molecule has 1 N–H and O–H groups in total. The molecule has 0 bridgehead atoms. The average Bonchev–Trinajstić information content (AvgIpc) is 2.77. The molecule has 1 amide bonds. The monoisotopic (exact) mass is 254 g/mol. The molecule has 104 valence electrons. The van der Waals surface area contributed by atoms with Gasteiger partial charge in [-0.05, 0) is 26.9 Å². The van der Waals surface area contributed by atoms with Crippen LogP contribution >= 0.6 is 0 Å². The van der Waals surface area contributed by atoms with E-state index in [9.17, 15) is 4.79 Å². The molecule has 2 aliphatic heterocycles. The predicted molar refractivity (Wildman–Crippen MR) is 72.6 cm³/mol. The first-order valence-electron chi connectivity index (χ1n) is 7.04. The van der Waals surface area contributed by atoms with E-state index in [1.165, 1.54) is 0 Å². The summed E-state index contributed by atoms with van der Waals surface area (Å²) in [6, 6.07) is 0.426. The Bertz CT molecular complexity index is 276. The van der Waals surface area contributed by atoms with E-state index >= 15 is 0 Å². The van der Waals surface area contributed by atoms with Gasteiger partial charge in [-0.15, -0.1) is 0 Å². The summed E-state index contributed by atoms with van der Waals surface area (Å²) in [4.78, 5) is 18.9. The molecule has 0 radical (unpaired) electrons. The van der Waals surface area contributed by atoms with Crippen molar-refractivity contribution in [2.24, 2.45) is 0 Å². The number of carbonyl (C=O) groups is 1. The highest BCUT2D eigenvalue weighted by atomic mass is 16.2. The van der Waals surface area contributed by atoms with E-state index in [-0.39, 0.29) is 0 Å². The smallest absolute Gasteiger partial charge is 0.237 e. The lowest BCUT2D eigenvalue weighted by atomic mass is 10.2. The maximum atomic E-state index is 12.4. The molecule has 2 fully saturated rings. The first-order valence-corrected chi connectivity index (χ1v) is 7.04. The van der Waals surface area contributed by atoms with Gasteiger partial charge in [-0.1, -0.05) is 0 Å². The van der Waals surface area contributed by atoms with Gasteiger partial charge in [-0.2, -0.15) is 0 Å². The van der Waals surface area contributed by atoms with E-state index in [1.54, 1.807) is 0 Å². The second-order valence-corrected chi connectivity index (χ2v) is 5.67. The first kappa shape index (κ1) is 13.8. The summed E-state index contributed by atoms with van der Waals surface area (Å²) >= 11 is 0. The van der Waals surface area contributed by atoms with E-state index in [1.807, 2.05) is 0 Å². The Morgan fingerprint density at radius 2 is 2.00 bits per heavy atom. The minimum atomic E-state index is 0.321. The Morgan fingerprint density at radius 1 is 1.28 bits per heavy atom. The van der Waals surface area contributed by atoms with E-state index in [4.69, 9.17) is 0 Å². The van der Waals surface area contributed by atoms with E-state index in [0.29, 0.717) is 18.5 Å². The van der Waals surface area contributed by atoms with Crippen molar-refractivity contribution in [1.29, 1.82) is 0 Å². The Balaban J connectivity index is 1.83. The fraction of sp³-hybridized carbons (Fsp3) is 0.923. The normalized spacial score (nSPS) is 25.9. The second kappa shape index (κ2) is 6.50. The lowest BCUT2D eigenvalue weighted by molar-refractivity contribution is -0.133. The average molecular weight is 254 g/mol. The van der Waals surface area contributed by atoms with Crippen molar-refractivity contribution in [3.63, 3.8) is 0 Å². The molecule has 2 saturated heterocycles. The standard InChI is InChI=1S/C13H26N4O/c1-15(2)10-12-4-3-7-17(12)13(18)11-16-8-5-14-6-9-16/h12,14H,3-11H2,1-2H3. The third kappa shape index (κ3) is 3.67. The van der Waals surface area contributed by atoms with E-state index in [2.05, 4.69) is 34.1 Å². The molecule has 1 atom stereocenters. The molecule has 2 rings (SSSR count). The van der Waals surface area contributed by atoms with Gasteiger partial charge >= 0.3 is 0 Å². The molecule has 5 heteroatoms. The fourth-order valence-corrected chi connectivity index (χ4v) is 2.93. The van der Waals surface area contributed by atoms with Crippen LogP contribution in [0, 0.1) is 0 Å². The van der Waals surface area contributed by atoms with E-state index in [0.717, 1.165) is 52.1 Å². The van der Waals surface area contributed by atoms with Crippen LogP contribution in [0.15, 0.2) is 0 Å². The lowest BCUT2D eigenvalue weighted by Crippen LogP contribution is -2.50. The lowest BCUT2D eigenvalue weighted by Gasteiger charge is -2.31. The van der Waals surface area contributed by atoms with Crippen molar-refractivity contribution in [2.75, 3.05) is 59.9 Å². The van der Waals surface area contributed by atoms with Gasteiger partial charge in [0.2, 0.25) is 5.91 Å². The van der Waals surface area contributed by atoms with Crippen LogP contribution in [0.3, 0.4) is 0 Å². The minimum absolute atomic E-state index is 0.321. The summed E-state index contributed by atoms with van der Waals surface area (Å²) in [5.74, 6) is 0.321. The maximum absolute atomic E-state index is 12.4. The summed E-state index contributed by atoms with van der Waals surface area (Å²) in [7, 11) is 4.16. The highest BCUT2D eigenvalue weighted by Crippen LogP contribution is 2.18. The Hall–Kier alpha value is -0.650. The maximum Gasteiger partial charge on any atom is 0.237 e. The number of hydrogen-bond acceptors (Lipinski definition) is 4. The van der Waals surface area contributed by atoms with Gasteiger partial charge in [0.05, 0.1) is 6.54 Å². The van der Waals surface area contributed by atoms with Crippen molar-refractivity contribution in [3.05, 3.63) is 0 Å². The number of rotatable bonds is 4. The molecule has 0 aromatic carbocycles. The third-order valence-corrected chi connectivity index (χ3v) is 3.84. The zero-order chi connectivity index (χ0) is 13.0. The number of amides is 1. The van der Waals surface area contributed by atoms with Crippen LogP contribution < -0.4 is 5.32 Å². The van der Waals surface area contributed by atoms with Crippen molar-refractivity contribution < 1.29 is 4.79 Å². The number of likely N-dealkylation sites (N-methyl/N-ethyl adjacent to an activating group) is 1. The summed E-state index contributed by atoms with van der Waals surface area (Å²) < 4.78 is 0. The van der Waals surface area contributed by atoms with Crippen LogP contribution in [0.1, 0.15) is 12.8 Å². The topological polar surface area (TPSA) is 38.8 Å². The number of hydrogen-bond donors (Lipinski definition) is 1. The molecular weight excluding hydrogens is 228 g/mol. The van der Waals surface area contributed by atoms with Crippen molar-refractivity contribution >= 4 is 5.91 Å². The minimum Gasteiger partial charge on any atom is -0.337 e. The molecule has 18 heavy (non-hydrogen) atoms. The number of piperazine rings is 1. The van der Waals surface area contributed by atoms with Gasteiger partial charge < -0.3 is 15.1 Å². The highest BCUT2D eigenvalue weighted by Gasteiger charge is 2.29.